The molecule has 6 nitrogen and oxygen atoms in total. The predicted octanol–water partition coefficient (Wildman–Crippen LogP) is -0.490. The minimum atomic E-state index is -0.526. The lowest BCUT2D eigenvalue weighted by molar-refractivity contribution is 0.0919. The SMILES string of the molecule is Cc1ccc(C(=O)NN)c(C(=O)NN)c1C. The lowest BCUT2D eigenvalue weighted by Crippen LogP contribution is -2.36. The molecule has 1 rings (SSSR count). The van der Waals surface area contributed by atoms with Gasteiger partial charge in [-0.25, -0.2) is 11.7 Å². The molecular formula is C10H14N4O2. The standard InChI is InChI=1S/C10H14N4O2/c1-5-3-4-7(9(15)13-11)8(6(5)2)10(16)14-12/h3-4H,11-12H2,1-2H3,(H,13,15)(H,14,16). The lowest BCUT2D eigenvalue weighted by Gasteiger charge is -2.12. The molecule has 6 heteroatoms. The number of nitrogen functional groups attached to an aromatic ring is 2. The molecule has 0 saturated heterocycles. The maximum atomic E-state index is 11.6. The van der Waals surface area contributed by atoms with Crippen molar-refractivity contribution in [1.29, 1.82) is 0 Å². The molecule has 16 heavy (non-hydrogen) atoms. The Balaban J connectivity index is 3.44. The molecule has 0 radical (unpaired) electrons. The predicted molar refractivity (Wildman–Crippen MR) is 59.2 cm³/mol. The molecule has 0 aliphatic carbocycles. The molecule has 0 saturated carbocycles. The second kappa shape index (κ2) is 4.73. The molecule has 1 aromatic carbocycles. The van der Waals surface area contributed by atoms with E-state index in [4.69, 9.17) is 11.7 Å². The van der Waals surface area contributed by atoms with Crippen LogP contribution in [0.4, 0.5) is 0 Å². The monoisotopic (exact) mass is 222 g/mol. The van der Waals surface area contributed by atoms with Gasteiger partial charge in [0.1, 0.15) is 0 Å². The molecule has 1 aromatic rings. The zero-order chi connectivity index (χ0) is 12.3. The summed E-state index contributed by atoms with van der Waals surface area (Å²) in [6.45, 7) is 3.58. The van der Waals surface area contributed by atoms with Gasteiger partial charge in [-0.05, 0) is 31.0 Å². The van der Waals surface area contributed by atoms with Gasteiger partial charge in [0.15, 0.2) is 0 Å². The molecule has 0 aliphatic heterocycles. The fraction of sp³-hybridized carbons (Fsp3) is 0.200. The highest BCUT2D eigenvalue weighted by atomic mass is 16.2. The third-order valence-electron chi connectivity index (χ3n) is 2.47. The van der Waals surface area contributed by atoms with Crippen LogP contribution in [0.2, 0.25) is 0 Å². The van der Waals surface area contributed by atoms with Crippen molar-refractivity contribution in [2.45, 2.75) is 13.8 Å². The number of aryl methyl sites for hydroxylation is 1. The maximum absolute atomic E-state index is 11.6. The highest BCUT2D eigenvalue weighted by Crippen LogP contribution is 2.18. The van der Waals surface area contributed by atoms with Gasteiger partial charge in [-0.2, -0.15) is 0 Å². The second-order valence-corrected chi connectivity index (χ2v) is 3.38. The van der Waals surface area contributed by atoms with E-state index in [9.17, 15) is 9.59 Å². The first-order valence-electron chi connectivity index (χ1n) is 4.65. The first kappa shape index (κ1) is 12.2. The summed E-state index contributed by atoms with van der Waals surface area (Å²) in [5, 5.41) is 0. The van der Waals surface area contributed by atoms with Crippen LogP contribution in [-0.2, 0) is 0 Å². The molecule has 0 aliphatic rings. The largest absolute Gasteiger partial charge is 0.290 e. The summed E-state index contributed by atoms with van der Waals surface area (Å²) < 4.78 is 0. The van der Waals surface area contributed by atoms with E-state index in [1.807, 2.05) is 17.8 Å². The molecule has 0 heterocycles. The molecule has 0 aromatic heterocycles. The summed E-state index contributed by atoms with van der Waals surface area (Å²) >= 11 is 0. The van der Waals surface area contributed by atoms with Gasteiger partial charge in [0, 0.05) is 0 Å². The van der Waals surface area contributed by atoms with Crippen molar-refractivity contribution in [3.05, 3.63) is 34.4 Å². The van der Waals surface area contributed by atoms with E-state index in [0.29, 0.717) is 5.56 Å². The Bertz CT molecular complexity index is 443. The summed E-state index contributed by atoms with van der Waals surface area (Å²) in [5.41, 5.74) is 6.03. The van der Waals surface area contributed by atoms with E-state index in [0.717, 1.165) is 5.56 Å². The quantitative estimate of drug-likeness (QED) is 0.307. The Morgan fingerprint density at radius 3 is 2.12 bits per heavy atom. The number of nitrogens with two attached hydrogens (primary N) is 2. The number of carbonyl (C=O) groups excluding carboxylic acids is 2. The Morgan fingerprint density at radius 2 is 1.62 bits per heavy atom. The van der Waals surface area contributed by atoms with Gasteiger partial charge in [-0.1, -0.05) is 6.07 Å². The minimum Gasteiger partial charge on any atom is -0.290 e. The number of hydrogen-bond donors (Lipinski definition) is 4. The zero-order valence-electron chi connectivity index (χ0n) is 9.13. The fourth-order valence-corrected chi connectivity index (χ4v) is 1.45. The number of rotatable bonds is 2. The van der Waals surface area contributed by atoms with Gasteiger partial charge in [-0.15, -0.1) is 0 Å². The van der Waals surface area contributed by atoms with Crippen LogP contribution in [0.15, 0.2) is 12.1 Å². The van der Waals surface area contributed by atoms with Gasteiger partial charge in [0.05, 0.1) is 11.1 Å². The van der Waals surface area contributed by atoms with Crippen molar-refractivity contribution in [2.24, 2.45) is 11.7 Å². The third kappa shape index (κ3) is 2.02. The minimum absolute atomic E-state index is 0.202. The number of carbonyl (C=O) groups is 2. The Kier molecular flexibility index (Phi) is 3.60. The molecule has 0 bridgehead atoms. The van der Waals surface area contributed by atoms with Crippen LogP contribution in [-0.4, -0.2) is 11.8 Å². The van der Waals surface area contributed by atoms with E-state index < -0.39 is 11.8 Å². The van der Waals surface area contributed by atoms with Crippen LogP contribution in [0.5, 0.6) is 0 Å². The Labute approximate surface area is 92.9 Å². The summed E-state index contributed by atoms with van der Waals surface area (Å²) in [4.78, 5) is 23.0. The molecule has 0 atom stereocenters. The van der Waals surface area contributed by atoms with Crippen molar-refractivity contribution >= 4 is 11.8 Å². The summed E-state index contributed by atoms with van der Waals surface area (Å²) in [6, 6.07) is 3.28. The van der Waals surface area contributed by atoms with Gasteiger partial charge in [0.2, 0.25) is 0 Å². The van der Waals surface area contributed by atoms with Crippen molar-refractivity contribution in [2.75, 3.05) is 0 Å². The highest BCUT2D eigenvalue weighted by Gasteiger charge is 2.19. The number of nitrogens with one attached hydrogen (secondary N) is 2. The molecule has 6 N–H and O–H groups in total. The third-order valence-corrected chi connectivity index (χ3v) is 2.47. The lowest BCUT2D eigenvalue weighted by atomic mass is 9.96. The van der Waals surface area contributed by atoms with Crippen LogP contribution in [0, 0.1) is 13.8 Å². The second-order valence-electron chi connectivity index (χ2n) is 3.38. The number of amides is 2. The summed E-state index contributed by atoms with van der Waals surface area (Å²) in [5.74, 6) is 9.07. The number of hydrogen-bond acceptors (Lipinski definition) is 4. The number of benzene rings is 1. The van der Waals surface area contributed by atoms with Crippen molar-refractivity contribution in [1.82, 2.24) is 10.9 Å². The molecule has 0 fully saturated rings. The van der Waals surface area contributed by atoms with E-state index in [-0.39, 0.29) is 11.1 Å². The Hall–Kier alpha value is -1.92. The van der Waals surface area contributed by atoms with Gasteiger partial charge >= 0.3 is 0 Å². The van der Waals surface area contributed by atoms with Gasteiger partial charge < -0.3 is 0 Å². The molecule has 2 amide bonds. The highest BCUT2D eigenvalue weighted by molar-refractivity contribution is 6.08. The average Bonchev–Trinajstić information content (AvgIpc) is 2.30. The number of hydrazine groups is 2. The van der Waals surface area contributed by atoms with Crippen molar-refractivity contribution < 1.29 is 9.59 Å². The topological polar surface area (TPSA) is 110 Å². The van der Waals surface area contributed by atoms with E-state index in [1.165, 1.54) is 6.07 Å². The molecule has 0 spiro atoms. The van der Waals surface area contributed by atoms with Gasteiger partial charge in [0.25, 0.3) is 11.8 Å². The van der Waals surface area contributed by atoms with E-state index >= 15 is 0 Å². The van der Waals surface area contributed by atoms with Crippen LogP contribution < -0.4 is 22.5 Å². The maximum Gasteiger partial charge on any atom is 0.266 e. The molecular weight excluding hydrogens is 208 g/mol. The first-order chi connectivity index (χ1) is 7.52. The van der Waals surface area contributed by atoms with Gasteiger partial charge in [-0.3, -0.25) is 20.4 Å². The zero-order valence-corrected chi connectivity index (χ0v) is 9.13. The van der Waals surface area contributed by atoms with E-state index in [1.54, 1.807) is 13.0 Å². The van der Waals surface area contributed by atoms with Crippen molar-refractivity contribution in [3.63, 3.8) is 0 Å². The summed E-state index contributed by atoms with van der Waals surface area (Å²) in [6.07, 6.45) is 0. The van der Waals surface area contributed by atoms with Crippen molar-refractivity contribution in [3.8, 4) is 0 Å². The normalized spacial score (nSPS) is 9.75. The molecule has 86 valence electrons. The smallest absolute Gasteiger partial charge is 0.266 e. The van der Waals surface area contributed by atoms with E-state index in [2.05, 4.69) is 0 Å². The first-order valence-corrected chi connectivity index (χ1v) is 4.65. The van der Waals surface area contributed by atoms with Crippen LogP contribution in [0.1, 0.15) is 31.8 Å². The van der Waals surface area contributed by atoms with Crippen LogP contribution in [0.3, 0.4) is 0 Å². The molecule has 0 unspecified atom stereocenters. The average molecular weight is 222 g/mol. The Morgan fingerprint density at radius 1 is 1.06 bits per heavy atom. The van der Waals surface area contributed by atoms with Crippen LogP contribution >= 0.6 is 0 Å². The van der Waals surface area contributed by atoms with Crippen LogP contribution in [0.25, 0.3) is 0 Å². The fourth-order valence-electron chi connectivity index (χ4n) is 1.45. The summed E-state index contributed by atoms with van der Waals surface area (Å²) in [7, 11) is 0.